The van der Waals surface area contributed by atoms with Crippen molar-refractivity contribution in [2.75, 3.05) is 26.0 Å². The highest BCUT2D eigenvalue weighted by molar-refractivity contribution is 7.91. The number of nitrogens with one attached hydrogen (secondary N) is 3. The summed E-state index contributed by atoms with van der Waals surface area (Å²) in [5, 5.41) is 10.4. The van der Waals surface area contributed by atoms with Crippen LogP contribution in [0.5, 0.6) is 17.2 Å². The second kappa shape index (κ2) is 12.9. The summed E-state index contributed by atoms with van der Waals surface area (Å²) in [6.07, 6.45) is 9.19. The van der Waals surface area contributed by atoms with E-state index in [9.17, 15) is 8.42 Å². The molecule has 3 unspecified atom stereocenters. The molecule has 0 aromatic heterocycles. The van der Waals surface area contributed by atoms with E-state index in [2.05, 4.69) is 31.2 Å². The average molecular weight is 544 g/mol. The fourth-order valence-electron chi connectivity index (χ4n) is 3.82. The highest BCUT2D eigenvalue weighted by atomic mass is 32.2. The van der Waals surface area contributed by atoms with Gasteiger partial charge in [-0.2, -0.15) is 0 Å². The molecule has 2 aromatic rings. The monoisotopic (exact) mass is 543 g/mol. The average Bonchev–Trinajstić information content (AvgIpc) is 2.86. The fraction of sp³-hybridized carbons (Fsp3) is 0.333. The van der Waals surface area contributed by atoms with Gasteiger partial charge in [0.1, 0.15) is 29.2 Å². The van der Waals surface area contributed by atoms with E-state index in [0.29, 0.717) is 41.5 Å². The van der Waals surface area contributed by atoms with Crippen molar-refractivity contribution in [2.45, 2.75) is 37.8 Å². The number of terminal acetylenes is 1. The molecule has 0 saturated carbocycles. The first-order chi connectivity index (χ1) is 17.7. The zero-order valence-corrected chi connectivity index (χ0v) is 23.5. The van der Waals surface area contributed by atoms with Crippen molar-refractivity contribution < 1.29 is 22.6 Å². The van der Waals surface area contributed by atoms with Gasteiger partial charge in [0, 0.05) is 31.1 Å². The van der Waals surface area contributed by atoms with Crippen LogP contribution in [-0.4, -0.2) is 40.5 Å². The van der Waals surface area contributed by atoms with Crippen molar-refractivity contribution in [3.05, 3.63) is 65.6 Å². The van der Waals surface area contributed by atoms with Gasteiger partial charge in [0.2, 0.25) is 0 Å². The molecule has 3 rings (SSSR count). The van der Waals surface area contributed by atoms with E-state index in [1.165, 1.54) is 0 Å². The van der Waals surface area contributed by atoms with Gasteiger partial charge in [0.15, 0.2) is 9.84 Å². The molecular formula is C27H34N3O5PS. The third-order valence-corrected chi connectivity index (χ3v) is 7.79. The van der Waals surface area contributed by atoms with Gasteiger partial charge in [0.05, 0.1) is 29.0 Å². The molecule has 0 amide bonds. The predicted molar refractivity (Wildman–Crippen MR) is 150 cm³/mol. The Labute approximate surface area is 222 Å². The van der Waals surface area contributed by atoms with E-state index in [1.54, 1.807) is 38.3 Å². The SMILES string of the molecule is C#CNC1=C(/C=C\C)NCC(c2cc(Oc3ccc(S(=O)(=O)CC)cc3P)cc(OC(C)COC)c2)N1. The van der Waals surface area contributed by atoms with Gasteiger partial charge in [-0.3, -0.25) is 5.32 Å². The molecule has 3 atom stereocenters. The molecule has 0 aliphatic carbocycles. The number of allylic oxidation sites excluding steroid dienone is 2. The Hall–Kier alpha value is -3.18. The minimum absolute atomic E-state index is 0.0306. The van der Waals surface area contributed by atoms with Gasteiger partial charge < -0.3 is 24.8 Å². The summed E-state index contributed by atoms with van der Waals surface area (Å²) >= 11 is 0. The van der Waals surface area contributed by atoms with Crippen LogP contribution in [0.4, 0.5) is 0 Å². The summed E-state index contributed by atoms with van der Waals surface area (Å²) in [5.41, 5.74) is 1.78. The van der Waals surface area contributed by atoms with Crippen LogP contribution in [0.25, 0.3) is 0 Å². The quantitative estimate of drug-likeness (QED) is 0.226. The zero-order chi connectivity index (χ0) is 27.0. The van der Waals surface area contributed by atoms with Gasteiger partial charge in [-0.05, 0) is 55.8 Å². The zero-order valence-electron chi connectivity index (χ0n) is 21.5. The number of methoxy groups -OCH3 is 1. The second-order valence-electron chi connectivity index (χ2n) is 8.46. The highest BCUT2D eigenvalue weighted by Crippen LogP contribution is 2.32. The Morgan fingerprint density at radius 1 is 1.27 bits per heavy atom. The summed E-state index contributed by atoms with van der Waals surface area (Å²) < 4.78 is 42.1. The molecule has 0 saturated heterocycles. The van der Waals surface area contributed by atoms with Crippen LogP contribution in [0, 0.1) is 12.5 Å². The highest BCUT2D eigenvalue weighted by Gasteiger charge is 2.22. The van der Waals surface area contributed by atoms with Crippen molar-refractivity contribution in [1.29, 1.82) is 0 Å². The Morgan fingerprint density at radius 3 is 2.68 bits per heavy atom. The van der Waals surface area contributed by atoms with Crippen molar-refractivity contribution in [3.8, 4) is 29.7 Å². The molecular weight excluding hydrogens is 509 g/mol. The van der Waals surface area contributed by atoms with Crippen LogP contribution in [0.3, 0.4) is 0 Å². The summed E-state index contributed by atoms with van der Waals surface area (Å²) in [6, 6.07) is 12.8. The number of benzene rings is 2. The standard InChI is InChI=1S/C27H34N3O5PS/c1-6-9-23-27(28-7-2)30-24(16-29-23)19-12-20(34-18(4)17-33-5)14-21(13-19)35-25-11-10-22(15-26(25)36)37(31,32)8-3/h2,6,9-15,18,24,28-30H,8,16-17,36H2,1,3-5H3/b9-6-. The first kappa shape index (κ1) is 28.4. The molecule has 198 valence electrons. The lowest BCUT2D eigenvalue weighted by Crippen LogP contribution is -2.42. The maximum absolute atomic E-state index is 12.3. The van der Waals surface area contributed by atoms with E-state index in [4.69, 9.17) is 20.6 Å². The lowest BCUT2D eigenvalue weighted by molar-refractivity contribution is 0.0918. The third kappa shape index (κ3) is 7.42. The van der Waals surface area contributed by atoms with Crippen LogP contribution in [0.15, 0.2) is 65.0 Å². The number of ether oxygens (including phenoxy) is 3. The second-order valence-corrected chi connectivity index (χ2v) is 11.4. The molecule has 0 fully saturated rings. The maximum Gasteiger partial charge on any atom is 0.178 e. The number of rotatable bonds is 11. The van der Waals surface area contributed by atoms with Gasteiger partial charge in [-0.15, -0.1) is 9.24 Å². The van der Waals surface area contributed by atoms with Crippen molar-refractivity contribution in [2.24, 2.45) is 0 Å². The Balaban J connectivity index is 1.96. The van der Waals surface area contributed by atoms with Gasteiger partial charge in [0.25, 0.3) is 0 Å². The lowest BCUT2D eigenvalue weighted by Gasteiger charge is -2.30. The Bertz CT molecular complexity index is 1320. The van der Waals surface area contributed by atoms with E-state index < -0.39 is 9.84 Å². The van der Waals surface area contributed by atoms with Crippen LogP contribution in [0.2, 0.25) is 0 Å². The smallest absolute Gasteiger partial charge is 0.178 e. The molecule has 2 aromatic carbocycles. The van der Waals surface area contributed by atoms with Crippen molar-refractivity contribution in [1.82, 2.24) is 16.0 Å². The van der Waals surface area contributed by atoms with Crippen molar-refractivity contribution >= 4 is 24.4 Å². The molecule has 3 N–H and O–H groups in total. The molecule has 8 nitrogen and oxygen atoms in total. The van der Waals surface area contributed by atoms with E-state index in [-0.39, 0.29) is 22.8 Å². The summed E-state index contributed by atoms with van der Waals surface area (Å²) in [4.78, 5) is 0.258. The van der Waals surface area contributed by atoms with Crippen LogP contribution >= 0.6 is 9.24 Å². The minimum atomic E-state index is -3.32. The molecule has 10 heteroatoms. The molecule has 37 heavy (non-hydrogen) atoms. The summed E-state index contributed by atoms with van der Waals surface area (Å²) in [6.45, 7) is 6.51. The minimum Gasteiger partial charge on any atom is -0.488 e. The van der Waals surface area contributed by atoms with Crippen LogP contribution < -0.4 is 30.7 Å². The molecule has 1 heterocycles. The first-order valence-corrected chi connectivity index (χ1v) is 14.1. The van der Waals surface area contributed by atoms with Gasteiger partial charge >= 0.3 is 0 Å². The lowest BCUT2D eigenvalue weighted by atomic mass is 10.0. The predicted octanol–water partition coefficient (Wildman–Crippen LogP) is 3.35. The molecule has 1 aliphatic rings. The van der Waals surface area contributed by atoms with Gasteiger partial charge in [-0.1, -0.05) is 19.4 Å². The molecule has 0 bridgehead atoms. The first-order valence-electron chi connectivity index (χ1n) is 11.9. The Kier molecular flexibility index (Phi) is 9.87. The summed E-state index contributed by atoms with van der Waals surface area (Å²) in [5.74, 6) is 2.40. The van der Waals surface area contributed by atoms with E-state index in [1.807, 2.05) is 38.1 Å². The number of sulfone groups is 1. The number of hydrogen-bond donors (Lipinski definition) is 3. The van der Waals surface area contributed by atoms with E-state index in [0.717, 1.165) is 11.3 Å². The summed E-state index contributed by atoms with van der Waals surface area (Å²) in [7, 11) is 0.849. The molecule has 1 aliphatic heterocycles. The number of hydrogen-bond acceptors (Lipinski definition) is 8. The Morgan fingerprint density at radius 2 is 2.03 bits per heavy atom. The normalized spacial score (nSPS) is 16.5. The van der Waals surface area contributed by atoms with Crippen LogP contribution in [-0.2, 0) is 14.6 Å². The van der Waals surface area contributed by atoms with E-state index >= 15 is 0 Å². The third-order valence-electron chi connectivity index (χ3n) is 5.61. The fourth-order valence-corrected chi connectivity index (χ4v) is 5.19. The largest absolute Gasteiger partial charge is 0.488 e. The van der Waals surface area contributed by atoms with Crippen molar-refractivity contribution in [3.63, 3.8) is 0 Å². The molecule has 0 radical (unpaired) electrons. The van der Waals surface area contributed by atoms with Crippen LogP contribution in [0.1, 0.15) is 32.4 Å². The topological polar surface area (TPSA) is 97.9 Å². The van der Waals surface area contributed by atoms with Gasteiger partial charge in [-0.25, -0.2) is 8.42 Å². The molecule has 0 spiro atoms. The maximum atomic E-state index is 12.3.